The molecule has 0 radical (unpaired) electrons. The van der Waals surface area contributed by atoms with E-state index in [0.717, 1.165) is 30.4 Å². The first-order valence-corrected chi connectivity index (χ1v) is 10.9. The van der Waals surface area contributed by atoms with Gasteiger partial charge in [0.25, 0.3) is 0 Å². The third-order valence-corrected chi connectivity index (χ3v) is 4.49. The van der Waals surface area contributed by atoms with Gasteiger partial charge in [0.05, 0.1) is 19.0 Å². The summed E-state index contributed by atoms with van der Waals surface area (Å²) in [6.07, 6.45) is 14.2. The van der Waals surface area contributed by atoms with Gasteiger partial charge >= 0.3 is 0 Å². The molecular formula is C26H32N2O. The molecule has 0 bridgehead atoms. The molecule has 0 saturated heterocycles. The summed E-state index contributed by atoms with van der Waals surface area (Å²) in [6.45, 7) is 5.13. The Bertz CT molecular complexity index is 817. The largest absolute Gasteiger partial charge is 0.490 e. The van der Waals surface area contributed by atoms with Crippen molar-refractivity contribution >= 4 is 0 Å². The number of aromatic nitrogens is 2. The van der Waals surface area contributed by atoms with Crippen LogP contribution < -0.4 is 4.74 Å². The van der Waals surface area contributed by atoms with E-state index in [9.17, 15) is 0 Å². The van der Waals surface area contributed by atoms with Crippen molar-refractivity contribution in [3.05, 3.63) is 53.6 Å². The third kappa shape index (κ3) is 9.82. The molecule has 0 atom stereocenters. The Labute approximate surface area is 176 Å². The van der Waals surface area contributed by atoms with Crippen LogP contribution in [0.15, 0.2) is 36.7 Å². The van der Waals surface area contributed by atoms with Gasteiger partial charge < -0.3 is 4.74 Å². The van der Waals surface area contributed by atoms with E-state index in [1.165, 1.54) is 38.5 Å². The van der Waals surface area contributed by atoms with Crippen LogP contribution in [-0.4, -0.2) is 16.6 Å². The van der Waals surface area contributed by atoms with Gasteiger partial charge in [0.15, 0.2) is 5.75 Å². The molecule has 0 unspecified atom stereocenters. The molecule has 1 aromatic carbocycles. The van der Waals surface area contributed by atoms with Crippen molar-refractivity contribution in [1.29, 1.82) is 0 Å². The molecule has 0 amide bonds. The highest BCUT2D eigenvalue weighted by molar-refractivity contribution is 5.43. The Morgan fingerprint density at radius 2 is 1.34 bits per heavy atom. The number of unbranched alkanes of at least 4 members (excludes halogenated alkanes) is 7. The first-order chi connectivity index (χ1) is 14.3. The number of rotatable bonds is 10. The highest BCUT2D eigenvalue weighted by Gasteiger charge is 1.97. The molecule has 152 valence electrons. The topological polar surface area (TPSA) is 35.0 Å². The molecule has 29 heavy (non-hydrogen) atoms. The minimum atomic E-state index is 0.500. The summed E-state index contributed by atoms with van der Waals surface area (Å²) in [5.41, 5.74) is 1.95. The van der Waals surface area contributed by atoms with Gasteiger partial charge in [-0.05, 0) is 43.0 Å². The number of ether oxygens (including phenoxy) is 1. The molecule has 0 fully saturated rings. The average molecular weight is 389 g/mol. The number of nitrogens with zero attached hydrogens (tertiary/aromatic N) is 2. The zero-order valence-electron chi connectivity index (χ0n) is 17.8. The molecule has 0 aliphatic carbocycles. The SMILES string of the molecule is CCCCC#Cc1ccc(C#Cc2ncc(OCCCCCCCC)cn2)cc1. The number of hydrogen-bond donors (Lipinski definition) is 0. The fourth-order valence-electron chi connectivity index (χ4n) is 2.72. The molecule has 3 heteroatoms. The van der Waals surface area contributed by atoms with Crippen molar-refractivity contribution in [3.8, 4) is 29.4 Å². The maximum atomic E-state index is 5.70. The summed E-state index contributed by atoms with van der Waals surface area (Å²) >= 11 is 0. The average Bonchev–Trinajstić information content (AvgIpc) is 2.76. The van der Waals surface area contributed by atoms with Gasteiger partial charge in [-0.1, -0.05) is 70.1 Å². The fourth-order valence-corrected chi connectivity index (χ4v) is 2.72. The molecule has 1 heterocycles. The maximum Gasteiger partial charge on any atom is 0.205 e. The molecule has 3 nitrogen and oxygen atoms in total. The molecule has 0 aliphatic rings. The Morgan fingerprint density at radius 1 is 0.724 bits per heavy atom. The second-order valence-corrected chi connectivity index (χ2v) is 7.09. The Morgan fingerprint density at radius 3 is 2.03 bits per heavy atom. The lowest BCUT2D eigenvalue weighted by Crippen LogP contribution is -1.99. The van der Waals surface area contributed by atoms with Gasteiger partial charge in [-0.3, -0.25) is 0 Å². The third-order valence-electron chi connectivity index (χ3n) is 4.49. The molecule has 2 aromatic rings. The van der Waals surface area contributed by atoms with E-state index in [2.05, 4.69) is 47.5 Å². The first-order valence-electron chi connectivity index (χ1n) is 10.9. The smallest absolute Gasteiger partial charge is 0.205 e. The Hall–Kier alpha value is -2.78. The van der Waals surface area contributed by atoms with Crippen LogP contribution in [0.3, 0.4) is 0 Å². The summed E-state index contributed by atoms with van der Waals surface area (Å²) in [4.78, 5) is 8.55. The van der Waals surface area contributed by atoms with Crippen LogP contribution in [0.4, 0.5) is 0 Å². The molecule has 0 saturated carbocycles. The molecule has 0 N–H and O–H groups in total. The lowest BCUT2D eigenvalue weighted by atomic mass is 10.1. The van der Waals surface area contributed by atoms with E-state index in [0.29, 0.717) is 18.2 Å². The lowest BCUT2D eigenvalue weighted by Gasteiger charge is -2.05. The minimum absolute atomic E-state index is 0.500. The van der Waals surface area contributed by atoms with Crippen LogP contribution in [0.5, 0.6) is 5.75 Å². The highest BCUT2D eigenvalue weighted by Crippen LogP contribution is 2.09. The predicted molar refractivity (Wildman–Crippen MR) is 120 cm³/mol. The Kier molecular flexibility index (Phi) is 11.1. The monoisotopic (exact) mass is 388 g/mol. The van der Waals surface area contributed by atoms with Gasteiger partial charge in [0.1, 0.15) is 0 Å². The molecule has 1 aromatic heterocycles. The van der Waals surface area contributed by atoms with Crippen LogP contribution in [0, 0.1) is 23.7 Å². The molecule has 2 rings (SSSR count). The summed E-state index contributed by atoms with van der Waals surface area (Å²) in [5.74, 6) is 13.7. The van der Waals surface area contributed by atoms with E-state index in [1.807, 2.05) is 24.3 Å². The van der Waals surface area contributed by atoms with Crippen LogP contribution in [0.25, 0.3) is 0 Å². The van der Waals surface area contributed by atoms with Gasteiger partial charge in [-0.15, -0.1) is 0 Å². The predicted octanol–water partition coefficient (Wildman–Crippen LogP) is 6.16. The van der Waals surface area contributed by atoms with Crippen molar-refractivity contribution in [2.75, 3.05) is 6.61 Å². The van der Waals surface area contributed by atoms with Crippen molar-refractivity contribution in [1.82, 2.24) is 9.97 Å². The number of benzene rings is 1. The Balaban J connectivity index is 1.76. The second-order valence-electron chi connectivity index (χ2n) is 7.09. The van der Waals surface area contributed by atoms with Crippen LogP contribution >= 0.6 is 0 Å². The van der Waals surface area contributed by atoms with Crippen molar-refractivity contribution < 1.29 is 4.74 Å². The van der Waals surface area contributed by atoms with Gasteiger partial charge in [0, 0.05) is 17.5 Å². The molecular weight excluding hydrogens is 356 g/mol. The summed E-state index contributed by atoms with van der Waals surface area (Å²) < 4.78 is 5.70. The van der Waals surface area contributed by atoms with Crippen LogP contribution in [0.1, 0.15) is 88.6 Å². The van der Waals surface area contributed by atoms with E-state index in [4.69, 9.17) is 4.74 Å². The first kappa shape index (κ1) is 22.5. The minimum Gasteiger partial charge on any atom is -0.490 e. The lowest BCUT2D eigenvalue weighted by molar-refractivity contribution is 0.302. The molecule has 0 aliphatic heterocycles. The quantitative estimate of drug-likeness (QED) is 0.361. The van der Waals surface area contributed by atoms with Crippen molar-refractivity contribution in [2.24, 2.45) is 0 Å². The second kappa shape index (κ2) is 14.3. The fraction of sp³-hybridized carbons (Fsp3) is 0.462. The summed E-state index contributed by atoms with van der Waals surface area (Å²) in [7, 11) is 0. The summed E-state index contributed by atoms with van der Waals surface area (Å²) in [6, 6.07) is 7.97. The number of hydrogen-bond acceptors (Lipinski definition) is 3. The van der Waals surface area contributed by atoms with Gasteiger partial charge in [-0.2, -0.15) is 0 Å². The summed E-state index contributed by atoms with van der Waals surface area (Å²) in [5, 5.41) is 0. The van der Waals surface area contributed by atoms with Crippen LogP contribution in [-0.2, 0) is 0 Å². The van der Waals surface area contributed by atoms with E-state index < -0.39 is 0 Å². The van der Waals surface area contributed by atoms with Gasteiger partial charge in [0.2, 0.25) is 5.82 Å². The molecule has 0 spiro atoms. The van der Waals surface area contributed by atoms with Crippen molar-refractivity contribution in [2.45, 2.75) is 71.6 Å². The zero-order valence-corrected chi connectivity index (χ0v) is 17.8. The van der Waals surface area contributed by atoms with E-state index in [1.54, 1.807) is 12.4 Å². The normalized spacial score (nSPS) is 9.86. The van der Waals surface area contributed by atoms with Crippen molar-refractivity contribution in [3.63, 3.8) is 0 Å². The van der Waals surface area contributed by atoms with Crippen LogP contribution in [0.2, 0.25) is 0 Å². The van der Waals surface area contributed by atoms with Gasteiger partial charge in [-0.25, -0.2) is 9.97 Å². The zero-order chi connectivity index (χ0) is 20.6. The maximum absolute atomic E-state index is 5.70. The standard InChI is InChI=1S/C26H32N2O/c1-3-5-7-9-10-12-20-29-25-21-27-26(28-22-25)19-18-24-16-14-23(15-17-24)13-11-8-6-4-2/h14-17,21-22H,3-10,12,20H2,1-2H3. The van der Waals surface area contributed by atoms with E-state index >= 15 is 0 Å². The highest BCUT2D eigenvalue weighted by atomic mass is 16.5. The van der Waals surface area contributed by atoms with E-state index in [-0.39, 0.29) is 0 Å².